The van der Waals surface area contributed by atoms with Gasteiger partial charge in [-0.25, -0.2) is 0 Å². The molecule has 0 aliphatic carbocycles. The number of fused-ring (bicyclic) bond motifs is 6. The molecule has 0 bridgehead atoms. The summed E-state index contributed by atoms with van der Waals surface area (Å²) in [4.78, 5) is 0. The predicted octanol–water partition coefficient (Wildman–Crippen LogP) is 15.7. The Labute approximate surface area is 351 Å². The van der Waals surface area contributed by atoms with Crippen molar-refractivity contribution in [3.63, 3.8) is 0 Å². The lowest BCUT2D eigenvalue weighted by atomic mass is 9.89. The minimum Gasteiger partial charge on any atom is -0.309 e. The molecule has 2 heterocycles. The molecule has 60 heavy (non-hydrogen) atoms. The van der Waals surface area contributed by atoms with Gasteiger partial charge in [0.1, 0.15) is 0 Å². The highest BCUT2D eigenvalue weighted by molar-refractivity contribution is 6.16. The third-order valence-electron chi connectivity index (χ3n) is 12.5. The molecule has 0 aliphatic heterocycles. The molecule has 2 aromatic heterocycles. The van der Waals surface area contributed by atoms with Crippen LogP contribution in [0.4, 0.5) is 0 Å². The molecule has 2 nitrogen and oxygen atoms in total. The summed E-state index contributed by atoms with van der Waals surface area (Å²) < 4.78 is 4.92. The van der Waals surface area contributed by atoms with Crippen LogP contribution in [-0.4, -0.2) is 9.13 Å². The lowest BCUT2D eigenvalue weighted by Gasteiger charge is -2.17. The maximum atomic E-state index is 2.51. The molecule has 0 spiro atoms. The highest BCUT2D eigenvalue weighted by atomic mass is 15.0. The monoisotopic (exact) mass is 768 g/mol. The van der Waals surface area contributed by atoms with E-state index in [9.17, 15) is 0 Å². The summed E-state index contributed by atoms with van der Waals surface area (Å²) in [5.41, 5.74) is 19.8. The molecule has 0 N–H and O–H groups in total. The van der Waals surface area contributed by atoms with Crippen molar-refractivity contribution in [2.24, 2.45) is 0 Å². The van der Waals surface area contributed by atoms with Gasteiger partial charge in [-0.05, 0) is 135 Å². The zero-order valence-corrected chi connectivity index (χ0v) is 33.9. The van der Waals surface area contributed by atoms with Crippen LogP contribution in [0.1, 0.15) is 25.0 Å². The van der Waals surface area contributed by atoms with Crippen LogP contribution in [-0.2, 0) is 12.8 Å². The number of hydrogen-bond donors (Lipinski definition) is 0. The summed E-state index contributed by atoms with van der Waals surface area (Å²) in [7, 11) is 0. The lowest BCUT2D eigenvalue weighted by molar-refractivity contribution is 1.11. The smallest absolute Gasteiger partial charge is 0.0547 e. The topological polar surface area (TPSA) is 9.86 Å². The van der Waals surface area contributed by atoms with E-state index in [4.69, 9.17) is 0 Å². The van der Waals surface area contributed by atoms with Gasteiger partial charge in [-0.1, -0.05) is 153 Å². The summed E-state index contributed by atoms with van der Waals surface area (Å²) in [6.07, 6.45) is 1.90. The van der Waals surface area contributed by atoms with Crippen LogP contribution in [0.15, 0.2) is 206 Å². The standard InChI is InChI=1S/C58H44N2/c1-3-39-31-32-43(41-19-8-5-9-20-41)36-51(39)52-38-53-49-25-14-16-28-54(49)60(57(53)37-40(52)4-2)47-34-44(42-21-10-6-11-22-42)33-45(35-47)48-27-18-30-56-58(48)50-26-15-17-29-55(50)59(56)46-23-12-7-13-24-46/h5-38H,3-4H2,1-2H3. The Kier molecular flexibility index (Phi) is 8.78. The van der Waals surface area contributed by atoms with Gasteiger partial charge in [-0.15, -0.1) is 0 Å². The zero-order chi connectivity index (χ0) is 40.2. The minimum atomic E-state index is 0.925. The first-order valence-electron chi connectivity index (χ1n) is 21.2. The fourth-order valence-electron chi connectivity index (χ4n) is 9.63. The molecule has 11 aromatic rings. The third-order valence-corrected chi connectivity index (χ3v) is 12.5. The normalized spacial score (nSPS) is 11.6. The second kappa shape index (κ2) is 14.8. The van der Waals surface area contributed by atoms with Gasteiger partial charge in [0.25, 0.3) is 0 Å². The number of aromatic nitrogens is 2. The fraction of sp³-hybridized carbons (Fsp3) is 0.0690. The van der Waals surface area contributed by atoms with E-state index >= 15 is 0 Å². The Morgan fingerprint density at radius 2 is 0.867 bits per heavy atom. The Balaban J connectivity index is 1.18. The molecule has 286 valence electrons. The first-order valence-corrected chi connectivity index (χ1v) is 21.2. The maximum absolute atomic E-state index is 2.51. The van der Waals surface area contributed by atoms with Crippen molar-refractivity contribution in [2.75, 3.05) is 0 Å². The van der Waals surface area contributed by atoms with Gasteiger partial charge in [-0.3, -0.25) is 0 Å². The second-order valence-electron chi connectivity index (χ2n) is 15.8. The second-order valence-corrected chi connectivity index (χ2v) is 15.8. The highest BCUT2D eigenvalue weighted by Gasteiger charge is 2.21. The number of hydrogen-bond acceptors (Lipinski definition) is 0. The van der Waals surface area contributed by atoms with Gasteiger partial charge >= 0.3 is 0 Å². The third kappa shape index (κ3) is 5.87. The van der Waals surface area contributed by atoms with Crippen molar-refractivity contribution >= 4 is 43.6 Å². The summed E-state index contributed by atoms with van der Waals surface area (Å²) in [6, 6.07) is 76.1. The van der Waals surface area contributed by atoms with Gasteiger partial charge in [-0.2, -0.15) is 0 Å². The minimum absolute atomic E-state index is 0.925. The highest BCUT2D eigenvalue weighted by Crippen LogP contribution is 2.43. The predicted molar refractivity (Wildman–Crippen MR) is 256 cm³/mol. The molecule has 0 atom stereocenters. The van der Waals surface area contributed by atoms with E-state index < -0.39 is 0 Å². The Morgan fingerprint density at radius 1 is 0.300 bits per heavy atom. The quantitative estimate of drug-likeness (QED) is 0.146. The van der Waals surface area contributed by atoms with E-state index in [1.54, 1.807) is 0 Å². The van der Waals surface area contributed by atoms with Crippen LogP contribution in [0.3, 0.4) is 0 Å². The molecule has 0 fully saturated rings. The molecule has 0 saturated carbocycles. The maximum Gasteiger partial charge on any atom is 0.0547 e. The summed E-state index contributed by atoms with van der Waals surface area (Å²) in [5, 5.41) is 5.04. The lowest BCUT2D eigenvalue weighted by Crippen LogP contribution is -1.98. The van der Waals surface area contributed by atoms with Crippen LogP contribution in [0.2, 0.25) is 0 Å². The van der Waals surface area contributed by atoms with E-state index in [-0.39, 0.29) is 0 Å². The fourth-order valence-corrected chi connectivity index (χ4v) is 9.63. The first kappa shape index (κ1) is 35.7. The van der Waals surface area contributed by atoms with Crippen LogP contribution >= 0.6 is 0 Å². The zero-order valence-electron chi connectivity index (χ0n) is 33.9. The molecular weight excluding hydrogens is 725 g/mol. The average Bonchev–Trinajstić information content (AvgIpc) is 3.84. The van der Waals surface area contributed by atoms with E-state index in [1.165, 1.54) is 99.2 Å². The summed E-state index contributed by atoms with van der Waals surface area (Å²) in [5.74, 6) is 0. The van der Waals surface area contributed by atoms with E-state index in [2.05, 4.69) is 229 Å². The summed E-state index contributed by atoms with van der Waals surface area (Å²) in [6.45, 7) is 4.57. The number of rotatable bonds is 8. The Hall–Kier alpha value is -7.42. The van der Waals surface area contributed by atoms with Gasteiger partial charge in [0.15, 0.2) is 0 Å². The molecular formula is C58H44N2. The molecule has 2 heteroatoms. The van der Waals surface area contributed by atoms with Crippen LogP contribution in [0.5, 0.6) is 0 Å². The van der Waals surface area contributed by atoms with Gasteiger partial charge in [0, 0.05) is 32.9 Å². The van der Waals surface area contributed by atoms with Crippen molar-refractivity contribution in [3.05, 3.63) is 217 Å². The molecule has 11 rings (SSSR count). The SMILES string of the molecule is CCc1ccc(-c2ccccc2)cc1-c1cc2c3ccccc3n(-c3cc(-c4ccccc4)cc(-c4cccc5c4c4ccccc4n5-c4ccccc4)c3)c2cc1CC. The first-order chi connectivity index (χ1) is 29.7. The van der Waals surface area contributed by atoms with Gasteiger partial charge in [0.05, 0.1) is 22.1 Å². The van der Waals surface area contributed by atoms with Crippen LogP contribution in [0, 0.1) is 0 Å². The Bertz CT molecular complexity index is 3370. The molecule has 0 unspecified atom stereocenters. The summed E-state index contributed by atoms with van der Waals surface area (Å²) >= 11 is 0. The molecule has 0 aliphatic rings. The largest absolute Gasteiger partial charge is 0.309 e. The number of benzene rings is 9. The number of aryl methyl sites for hydroxylation is 2. The van der Waals surface area contributed by atoms with Crippen molar-refractivity contribution in [3.8, 4) is 55.9 Å². The van der Waals surface area contributed by atoms with Crippen molar-refractivity contribution in [1.82, 2.24) is 9.13 Å². The molecule has 0 saturated heterocycles. The average molecular weight is 769 g/mol. The van der Waals surface area contributed by atoms with Gasteiger partial charge < -0.3 is 9.13 Å². The van der Waals surface area contributed by atoms with Crippen molar-refractivity contribution in [2.45, 2.75) is 26.7 Å². The Morgan fingerprint density at radius 3 is 1.58 bits per heavy atom. The number of para-hydroxylation sites is 3. The van der Waals surface area contributed by atoms with Gasteiger partial charge in [0.2, 0.25) is 0 Å². The van der Waals surface area contributed by atoms with Crippen LogP contribution < -0.4 is 0 Å². The van der Waals surface area contributed by atoms with E-state index in [0.29, 0.717) is 0 Å². The molecule has 0 radical (unpaired) electrons. The van der Waals surface area contributed by atoms with Crippen molar-refractivity contribution < 1.29 is 0 Å². The van der Waals surface area contributed by atoms with E-state index in [0.717, 1.165) is 24.2 Å². The molecule has 9 aromatic carbocycles. The van der Waals surface area contributed by atoms with Crippen molar-refractivity contribution in [1.29, 1.82) is 0 Å². The van der Waals surface area contributed by atoms with E-state index in [1.807, 2.05) is 0 Å². The number of nitrogens with zero attached hydrogens (tertiary/aromatic N) is 2. The molecule has 0 amide bonds. The van der Waals surface area contributed by atoms with Crippen LogP contribution in [0.25, 0.3) is 99.5 Å².